The molecule has 0 aliphatic rings. The van der Waals surface area contributed by atoms with Crippen molar-refractivity contribution in [3.8, 4) is 0 Å². The summed E-state index contributed by atoms with van der Waals surface area (Å²) in [5, 5.41) is 0. The molecular formula is C10H22. The van der Waals surface area contributed by atoms with Crippen molar-refractivity contribution in [1.82, 2.24) is 0 Å². The molecule has 0 saturated heterocycles. The van der Waals surface area contributed by atoms with E-state index in [1.807, 2.05) is 6.08 Å². The Morgan fingerprint density at radius 3 is 2.00 bits per heavy atom. The predicted octanol–water partition coefficient (Wildman–Crippen LogP) is 3.88. The highest BCUT2D eigenvalue weighted by Gasteiger charge is 2.07. The largest absolute Gasteiger partial charge is 0.103 e. The summed E-state index contributed by atoms with van der Waals surface area (Å²) in [4.78, 5) is 0. The van der Waals surface area contributed by atoms with Crippen LogP contribution in [0.15, 0.2) is 12.7 Å². The van der Waals surface area contributed by atoms with E-state index in [9.17, 15) is 0 Å². The van der Waals surface area contributed by atoms with Crippen molar-refractivity contribution < 1.29 is 0 Å². The molecule has 0 aliphatic heterocycles. The zero-order valence-corrected chi connectivity index (χ0v) is 6.85. The van der Waals surface area contributed by atoms with Crippen LogP contribution in [0.25, 0.3) is 0 Å². The van der Waals surface area contributed by atoms with Crippen molar-refractivity contribution in [3.05, 3.63) is 12.7 Å². The quantitative estimate of drug-likeness (QED) is 0.522. The van der Waals surface area contributed by atoms with E-state index in [2.05, 4.69) is 27.4 Å². The van der Waals surface area contributed by atoms with Crippen molar-refractivity contribution in [2.45, 2.75) is 41.0 Å². The first-order valence-corrected chi connectivity index (χ1v) is 3.83. The fraction of sp³-hybridized carbons (Fsp3) is 0.800. The summed E-state index contributed by atoms with van der Waals surface area (Å²) in [6.07, 6.45) is 4.48. The van der Waals surface area contributed by atoms with Crippen LogP contribution in [-0.4, -0.2) is 0 Å². The van der Waals surface area contributed by atoms with E-state index in [1.165, 1.54) is 12.8 Å². The Hall–Kier alpha value is -0.260. The summed E-state index contributed by atoms with van der Waals surface area (Å²) in [5.41, 5.74) is 0. The maximum absolute atomic E-state index is 3.73. The SMILES string of the molecule is C.C=CC[C@@H](CC)C(C)C. The smallest absolute Gasteiger partial charge is 0.0323 e. The van der Waals surface area contributed by atoms with Gasteiger partial charge in [0, 0.05) is 0 Å². The summed E-state index contributed by atoms with van der Waals surface area (Å²) in [6.45, 7) is 10.5. The van der Waals surface area contributed by atoms with E-state index in [-0.39, 0.29) is 7.43 Å². The third-order valence-corrected chi connectivity index (χ3v) is 1.94. The molecule has 0 heterocycles. The third kappa shape index (κ3) is 4.60. The van der Waals surface area contributed by atoms with Gasteiger partial charge in [0.1, 0.15) is 0 Å². The lowest BCUT2D eigenvalue weighted by atomic mass is 9.90. The Kier molecular flexibility index (Phi) is 8.51. The van der Waals surface area contributed by atoms with E-state index >= 15 is 0 Å². The van der Waals surface area contributed by atoms with Gasteiger partial charge in [-0.3, -0.25) is 0 Å². The van der Waals surface area contributed by atoms with E-state index in [1.54, 1.807) is 0 Å². The molecule has 10 heavy (non-hydrogen) atoms. The van der Waals surface area contributed by atoms with Gasteiger partial charge < -0.3 is 0 Å². The van der Waals surface area contributed by atoms with E-state index < -0.39 is 0 Å². The molecule has 0 aromatic heterocycles. The Bertz CT molecular complexity index is 72.1. The summed E-state index contributed by atoms with van der Waals surface area (Å²) < 4.78 is 0. The van der Waals surface area contributed by atoms with Gasteiger partial charge in [-0.15, -0.1) is 6.58 Å². The zero-order chi connectivity index (χ0) is 7.28. The van der Waals surface area contributed by atoms with Crippen molar-refractivity contribution in [2.75, 3.05) is 0 Å². The molecule has 1 atom stereocenters. The van der Waals surface area contributed by atoms with Gasteiger partial charge in [0.05, 0.1) is 0 Å². The first-order chi connectivity index (χ1) is 4.22. The minimum Gasteiger partial charge on any atom is -0.103 e. The van der Waals surface area contributed by atoms with Crippen LogP contribution in [0.5, 0.6) is 0 Å². The summed E-state index contributed by atoms with van der Waals surface area (Å²) in [6, 6.07) is 0. The van der Waals surface area contributed by atoms with Crippen LogP contribution in [0.4, 0.5) is 0 Å². The molecule has 0 spiro atoms. The average Bonchev–Trinajstić information content (AvgIpc) is 1.82. The van der Waals surface area contributed by atoms with Gasteiger partial charge in [-0.2, -0.15) is 0 Å². The molecule has 0 unspecified atom stereocenters. The van der Waals surface area contributed by atoms with Crippen LogP contribution in [-0.2, 0) is 0 Å². The molecule has 0 amide bonds. The Morgan fingerprint density at radius 2 is 1.90 bits per heavy atom. The normalized spacial score (nSPS) is 12.4. The topological polar surface area (TPSA) is 0 Å². The maximum atomic E-state index is 3.73. The third-order valence-electron chi connectivity index (χ3n) is 1.94. The van der Waals surface area contributed by atoms with Gasteiger partial charge in [0.15, 0.2) is 0 Å². The van der Waals surface area contributed by atoms with Crippen LogP contribution in [0.1, 0.15) is 41.0 Å². The molecule has 0 aromatic rings. The second-order valence-electron chi connectivity index (χ2n) is 2.94. The Balaban J connectivity index is 0. The van der Waals surface area contributed by atoms with Crippen molar-refractivity contribution >= 4 is 0 Å². The van der Waals surface area contributed by atoms with Crippen LogP contribution >= 0.6 is 0 Å². The first-order valence-electron chi connectivity index (χ1n) is 3.83. The second kappa shape index (κ2) is 6.85. The molecule has 0 nitrogen and oxygen atoms in total. The van der Waals surface area contributed by atoms with Crippen molar-refractivity contribution in [1.29, 1.82) is 0 Å². The summed E-state index contributed by atoms with van der Waals surface area (Å²) in [5.74, 6) is 1.66. The first kappa shape index (κ1) is 12.4. The summed E-state index contributed by atoms with van der Waals surface area (Å²) in [7, 11) is 0. The van der Waals surface area contributed by atoms with E-state index in [0.717, 1.165) is 11.8 Å². The molecule has 0 saturated carbocycles. The van der Waals surface area contributed by atoms with Gasteiger partial charge in [-0.25, -0.2) is 0 Å². The lowest BCUT2D eigenvalue weighted by Crippen LogP contribution is -2.05. The Morgan fingerprint density at radius 1 is 1.40 bits per heavy atom. The fourth-order valence-corrected chi connectivity index (χ4v) is 1.12. The standard InChI is InChI=1S/C9H18.CH4/c1-5-7-9(6-2)8(3)4;/h5,8-9H,1,6-7H2,2-4H3;1H4/t9-;/m1./s1. The lowest BCUT2D eigenvalue weighted by Gasteiger charge is -2.15. The number of hydrogen-bond acceptors (Lipinski definition) is 0. The number of allylic oxidation sites excluding steroid dienone is 1. The van der Waals surface area contributed by atoms with Gasteiger partial charge >= 0.3 is 0 Å². The predicted molar refractivity (Wildman–Crippen MR) is 50.2 cm³/mol. The molecule has 62 valence electrons. The minimum absolute atomic E-state index is 0. The maximum Gasteiger partial charge on any atom is -0.0323 e. The molecule has 0 aromatic carbocycles. The molecule has 0 radical (unpaired) electrons. The van der Waals surface area contributed by atoms with E-state index in [4.69, 9.17) is 0 Å². The molecular weight excluding hydrogens is 120 g/mol. The molecule has 0 N–H and O–H groups in total. The monoisotopic (exact) mass is 142 g/mol. The molecule has 0 heteroatoms. The summed E-state index contributed by atoms with van der Waals surface area (Å²) >= 11 is 0. The number of rotatable bonds is 4. The fourth-order valence-electron chi connectivity index (χ4n) is 1.12. The van der Waals surface area contributed by atoms with E-state index in [0.29, 0.717) is 0 Å². The highest BCUT2D eigenvalue weighted by molar-refractivity contribution is 4.73. The highest BCUT2D eigenvalue weighted by Crippen LogP contribution is 2.18. The van der Waals surface area contributed by atoms with Gasteiger partial charge in [0.2, 0.25) is 0 Å². The van der Waals surface area contributed by atoms with Crippen LogP contribution in [0, 0.1) is 11.8 Å². The Labute approximate surface area is 66.3 Å². The number of hydrogen-bond donors (Lipinski definition) is 0. The zero-order valence-electron chi connectivity index (χ0n) is 6.85. The highest BCUT2D eigenvalue weighted by atomic mass is 14.1. The molecule has 0 bridgehead atoms. The van der Waals surface area contributed by atoms with Crippen LogP contribution in [0.2, 0.25) is 0 Å². The van der Waals surface area contributed by atoms with Crippen LogP contribution < -0.4 is 0 Å². The van der Waals surface area contributed by atoms with Gasteiger partial charge in [-0.05, 0) is 18.3 Å². The molecule has 0 rings (SSSR count). The van der Waals surface area contributed by atoms with Gasteiger partial charge in [-0.1, -0.05) is 40.7 Å². The lowest BCUT2D eigenvalue weighted by molar-refractivity contribution is 0.377. The van der Waals surface area contributed by atoms with Crippen molar-refractivity contribution in [3.63, 3.8) is 0 Å². The second-order valence-corrected chi connectivity index (χ2v) is 2.94. The van der Waals surface area contributed by atoms with Crippen LogP contribution in [0.3, 0.4) is 0 Å². The van der Waals surface area contributed by atoms with Crippen molar-refractivity contribution in [2.24, 2.45) is 11.8 Å². The molecule has 0 aliphatic carbocycles. The molecule has 0 fully saturated rings. The minimum atomic E-state index is 0. The average molecular weight is 142 g/mol. The van der Waals surface area contributed by atoms with Gasteiger partial charge in [0.25, 0.3) is 0 Å².